The predicted octanol–water partition coefficient (Wildman–Crippen LogP) is 2.15. The zero-order valence-electron chi connectivity index (χ0n) is 7.30. The average Bonchev–Trinajstić information content (AvgIpc) is 2.62. The highest BCUT2D eigenvalue weighted by atomic mass is 79.9. The van der Waals surface area contributed by atoms with Gasteiger partial charge in [-0.1, -0.05) is 15.9 Å². The molecule has 5 heteroatoms. The van der Waals surface area contributed by atoms with Gasteiger partial charge in [-0.3, -0.25) is 0 Å². The molecule has 0 fully saturated rings. The minimum atomic E-state index is -0.626. The van der Waals surface area contributed by atoms with E-state index in [2.05, 4.69) is 15.9 Å². The van der Waals surface area contributed by atoms with E-state index < -0.39 is 12.7 Å². The van der Waals surface area contributed by atoms with Crippen molar-refractivity contribution in [2.24, 2.45) is 5.73 Å². The molecule has 0 spiro atoms. The van der Waals surface area contributed by atoms with E-state index in [1.54, 1.807) is 12.1 Å². The third-order valence-electron chi connectivity index (χ3n) is 2.06. The molecule has 0 bridgehead atoms. The number of halogens is 2. The molecule has 1 aromatic carbocycles. The molecule has 0 aliphatic carbocycles. The Kier molecular flexibility index (Phi) is 2.60. The van der Waals surface area contributed by atoms with E-state index in [0.29, 0.717) is 17.1 Å². The topological polar surface area (TPSA) is 44.5 Å². The van der Waals surface area contributed by atoms with Gasteiger partial charge in [-0.05, 0) is 17.7 Å². The van der Waals surface area contributed by atoms with Gasteiger partial charge in [0.15, 0.2) is 11.5 Å². The Labute approximate surface area is 89.1 Å². The molecule has 76 valence electrons. The number of rotatable bonds is 2. The fourth-order valence-electron chi connectivity index (χ4n) is 1.30. The van der Waals surface area contributed by atoms with Crippen LogP contribution < -0.4 is 15.2 Å². The molecule has 1 atom stereocenters. The van der Waals surface area contributed by atoms with Crippen LogP contribution >= 0.6 is 15.9 Å². The first-order valence-corrected chi connectivity index (χ1v) is 4.92. The summed E-state index contributed by atoms with van der Waals surface area (Å²) in [5.41, 5.74) is 6.28. The van der Waals surface area contributed by atoms with E-state index in [0.717, 1.165) is 4.47 Å². The van der Waals surface area contributed by atoms with Crippen LogP contribution in [0.15, 0.2) is 16.6 Å². The number of hydrogen-bond donors (Lipinski definition) is 1. The molecule has 0 unspecified atom stereocenters. The van der Waals surface area contributed by atoms with Gasteiger partial charge in [0, 0.05) is 4.47 Å². The predicted molar refractivity (Wildman–Crippen MR) is 53.2 cm³/mol. The highest BCUT2D eigenvalue weighted by molar-refractivity contribution is 9.10. The van der Waals surface area contributed by atoms with Gasteiger partial charge in [0.2, 0.25) is 6.79 Å². The molecule has 0 saturated carbocycles. The first-order chi connectivity index (χ1) is 6.72. The summed E-state index contributed by atoms with van der Waals surface area (Å²) in [5.74, 6) is 1.28. The van der Waals surface area contributed by atoms with E-state index in [4.69, 9.17) is 15.2 Å². The summed E-state index contributed by atoms with van der Waals surface area (Å²) in [6.07, 6.45) is 0. The SMILES string of the molecule is N[C@@H](CF)c1cc2c(cc1Br)OCO2. The summed E-state index contributed by atoms with van der Waals surface area (Å²) < 4.78 is 23.5. The maximum absolute atomic E-state index is 12.4. The first-order valence-electron chi connectivity index (χ1n) is 4.13. The van der Waals surface area contributed by atoms with Crippen LogP contribution in [0.3, 0.4) is 0 Å². The van der Waals surface area contributed by atoms with Crippen LogP contribution in [0.5, 0.6) is 11.5 Å². The Balaban J connectivity index is 2.42. The lowest BCUT2D eigenvalue weighted by molar-refractivity contribution is 0.174. The molecular weight excluding hydrogens is 253 g/mol. The number of alkyl halides is 1. The Bertz CT molecular complexity index is 359. The molecule has 2 N–H and O–H groups in total. The minimum Gasteiger partial charge on any atom is -0.454 e. The normalized spacial score (nSPS) is 15.6. The van der Waals surface area contributed by atoms with Gasteiger partial charge >= 0.3 is 0 Å². The fourth-order valence-corrected chi connectivity index (χ4v) is 1.92. The quantitative estimate of drug-likeness (QED) is 0.888. The second-order valence-corrected chi connectivity index (χ2v) is 3.84. The Hall–Kier alpha value is -0.810. The number of nitrogens with two attached hydrogens (primary N) is 1. The summed E-state index contributed by atoms with van der Waals surface area (Å²) in [4.78, 5) is 0. The molecule has 2 rings (SSSR count). The van der Waals surface area contributed by atoms with E-state index in [-0.39, 0.29) is 6.79 Å². The van der Waals surface area contributed by atoms with Crippen molar-refractivity contribution < 1.29 is 13.9 Å². The maximum Gasteiger partial charge on any atom is 0.231 e. The molecule has 14 heavy (non-hydrogen) atoms. The zero-order chi connectivity index (χ0) is 10.1. The van der Waals surface area contributed by atoms with Crippen molar-refractivity contribution in [2.75, 3.05) is 13.5 Å². The van der Waals surface area contributed by atoms with Crippen LogP contribution in [-0.2, 0) is 0 Å². The number of ether oxygens (including phenoxy) is 2. The fraction of sp³-hybridized carbons (Fsp3) is 0.333. The summed E-state index contributed by atoms with van der Waals surface area (Å²) in [6.45, 7) is -0.395. The molecule has 0 aromatic heterocycles. The van der Waals surface area contributed by atoms with Crippen molar-refractivity contribution in [3.63, 3.8) is 0 Å². The summed E-state index contributed by atoms with van der Waals surface area (Å²) in [5, 5.41) is 0. The van der Waals surface area contributed by atoms with Gasteiger partial charge < -0.3 is 15.2 Å². The number of benzene rings is 1. The van der Waals surface area contributed by atoms with Crippen LogP contribution in [0.4, 0.5) is 4.39 Å². The smallest absolute Gasteiger partial charge is 0.231 e. The maximum atomic E-state index is 12.4. The third kappa shape index (κ3) is 1.57. The van der Waals surface area contributed by atoms with E-state index >= 15 is 0 Å². The van der Waals surface area contributed by atoms with Gasteiger partial charge in [-0.25, -0.2) is 4.39 Å². The third-order valence-corrected chi connectivity index (χ3v) is 2.74. The van der Waals surface area contributed by atoms with E-state index in [1.165, 1.54) is 0 Å². The molecule has 0 saturated heterocycles. The second kappa shape index (κ2) is 3.74. The van der Waals surface area contributed by atoms with Crippen LogP contribution in [0.2, 0.25) is 0 Å². The lowest BCUT2D eigenvalue weighted by Crippen LogP contribution is -2.12. The van der Waals surface area contributed by atoms with Gasteiger partial charge in [-0.15, -0.1) is 0 Å². The van der Waals surface area contributed by atoms with E-state index in [9.17, 15) is 4.39 Å². The first kappa shape index (κ1) is 9.73. The molecule has 1 aliphatic rings. The Morgan fingerprint density at radius 1 is 1.43 bits per heavy atom. The molecule has 0 amide bonds. The Morgan fingerprint density at radius 2 is 2.07 bits per heavy atom. The molecule has 1 aliphatic heterocycles. The van der Waals surface area contributed by atoms with E-state index in [1.807, 2.05) is 0 Å². The Morgan fingerprint density at radius 3 is 2.71 bits per heavy atom. The van der Waals surface area contributed by atoms with Crippen molar-refractivity contribution in [3.8, 4) is 11.5 Å². The van der Waals surface area contributed by atoms with Crippen molar-refractivity contribution in [3.05, 3.63) is 22.2 Å². The minimum absolute atomic E-state index is 0.204. The molecular formula is C9H9BrFNO2. The van der Waals surface area contributed by atoms with Crippen molar-refractivity contribution >= 4 is 15.9 Å². The summed E-state index contributed by atoms with van der Waals surface area (Å²) in [6, 6.07) is 2.82. The standard InChI is InChI=1S/C9H9BrFNO2/c10-6-2-9-8(13-4-14-9)1-5(6)7(12)3-11/h1-2,7H,3-4,12H2/t7-/m0/s1. The van der Waals surface area contributed by atoms with Crippen molar-refractivity contribution in [2.45, 2.75) is 6.04 Å². The number of fused-ring (bicyclic) bond motifs is 1. The van der Waals surface area contributed by atoms with Crippen LogP contribution in [0, 0.1) is 0 Å². The van der Waals surface area contributed by atoms with Crippen LogP contribution in [-0.4, -0.2) is 13.5 Å². The molecule has 0 radical (unpaired) electrons. The molecule has 1 heterocycles. The highest BCUT2D eigenvalue weighted by Gasteiger charge is 2.19. The van der Waals surface area contributed by atoms with Gasteiger partial charge in [0.05, 0.1) is 6.04 Å². The average molecular weight is 262 g/mol. The van der Waals surface area contributed by atoms with Crippen molar-refractivity contribution in [1.82, 2.24) is 0 Å². The second-order valence-electron chi connectivity index (χ2n) is 2.99. The van der Waals surface area contributed by atoms with Gasteiger partial charge in [0.25, 0.3) is 0 Å². The van der Waals surface area contributed by atoms with Gasteiger partial charge in [0.1, 0.15) is 6.67 Å². The molecule has 3 nitrogen and oxygen atoms in total. The highest BCUT2D eigenvalue weighted by Crippen LogP contribution is 2.38. The lowest BCUT2D eigenvalue weighted by Gasteiger charge is -2.10. The molecule has 1 aromatic rings. The zero-order valence-corrected chi connectivity index (χ0v) is 8.88. The van der Waals surface area contributed by atoms with Gasteiger partial charge in [-0.2, -0.15) is 0 Å². The largest absolute Gasteiger partial charge is 0.454 e. The summed E-state index contributed by atoms with van der Waals surface area (Å²) in [7, 11) is 0. The number of hydrogen-bond acceptors (Lipinski definition) is 3. The lowest BCUT2D eigenvalue weighted by atomic mass is 10.1. The monoisotopic (exact) mass is 261 g/mol. The van der Waals surface area contributed by atoms with Crippen LogP contribution in [0.25, 0.3) is 0 Å². The summed E-state index contributed by atoms with van der Waals surface area (Å²) >= 11 is 3.31. The van der Waals surface area contributed by atoms with Crippen LogP contribution in [0.1, 0.15) is 11.6 Å². The van der Waals surface area contributed by atoms with Crippen molar-refractivity contribution in [1.29, 1.82) is 0 Å².